The van der Waals surface area contributed by atoms with Crippen LogP contribution in [0.15, 0.2) is 29.3 Å². The second kappa shape index (κ2) is 6.29. The Morgan fingerprint density at radius 1 is 1.33 bits per heavy atom. The van der Waals surface area contributed by atoms with Gasteiger partial charge in [-0.05, 0) is 24.6 Å². The van der Waals surface area contributed by atoms with Crippen molar-refractivity contribution in [2.24, 2.45) is 10.9 Å². The van der Waals surface area contributed by atoms with Crippen molar-refractivity contribution in [1.82, 2.24) is 21.5 Å². The number of carbonyl (C=O) groups is 1. The number of nitrogens with one attached hydrogen (secondary N) is 4. The molecule has 0 radical (unpaired) electrons. The maximum atomic E-state index is 12.2. The Morgan fingerprint density at radius 3 is 2.71 bits per heavy atom. The number of amides is 1. The lowest BCUT2D eigenvalue weighted by atomic mass is 10.1. The largest absolute Gasteiger partial charge is 0.573 e. The zero-order chi connectivity index (χ0) is 17.3. The molecule has 1 fully saturated rings. The molecule has 1 aromatic carbocycles. The van der Waals surface area contributed by atoms with Gasteiger partial charge in [-0.25, -0.2) is 10.4 Å². The van der Waals surface area contributed by atoms with Crippen LogP contribution in [-0.2, 0) is 4.79 Å². The SMILES string of the molecule is C[C@H](NC1=NC2NNCC2C(=O)N1)c1ccc(OC(F)(F)F)cc1. The maximum absolute atomic E-state index is 12.2. The van der Waals surface area contributed by atoms with Gasteiger partial charge in [0.25, 0.3) is 0 Å². The predicted molar refractivity (Wildman–Crippen MR) is 78.7 cm³/mol. The van der Waals surface area contributed by atoms with E-state index in [2.05, 4.69) is 31.2 Å². The molecular formula is C14H16F3N5O2. The first-order valence-electron chi connectivity index (χ1n) is 7.31. The van der Waals surface area contributed by atoms with E-state index < -0.39 is 6.36 Å². The van der Waals surface area contributed by atoms with Crippen molar-refractivity contribution < 1.29 is 22.7 Å². The molecule has 3 rings (SSSR count). The minimum Gasteiger partial charge on any atom is -0.406 e. The number of benzene rings is 1. The molecule has 4 N–H and O–H groups in total. The Labute approximate surface area is 135 Å². The summed E-state index contributed by atoms with van der Waals surface area (Å²) in [6.07, 6.45) is -5.05. The molecule has 1 saturated heterocycles. The summed E-state index contributed by atoms with van der Waals surface area (Å²) in [4.78, 5) is 16.3. The van der Waals surface area contributed by atoms with Crippen LogP contribution in [-0.4, -0.2) is 30.9 Å². The van der Waals surface area contributed by atoms with Crippen LogP contribution >= 0.6 is 0 Å². The van der Waals surface area contributed by atoms with Crippen LogP contribution in [0.1, 0.15) is 18.5 Å². The van der Waals surface area contributed by atoms with Crippen molar-refractivity contribution in [3.8, 4) is 5.75 Å². The van der Waals surface area contributed by atoms with Crippen LogP contribution in [0.4, 0.5) is 13.2 Å². The zero-order valence-corrected chi connectivity index (χ0v) is 12.6. The third kappa shape index (κ3) is 3.77. The number of halogens is 3. The summed E-state index contributed by atoms with van der Waals surface area (Å²) in [5.41, 5.74) is 6.50. The van der Waals surface area contributed by atoms with Gasteiger partial charge in [0.1, 0.15) is 11.9 Å². The molecule has 2 aliphatic rings. The van der Waals surface area contributed by atoms with Gasteiger partial charge in [0.05, 0.1) is 12.0 Å². The van der Waals surface area contributed by atoms with Crippen LogP contribution in [0.25, 0.3) is 0 Å². The highest BCUT2D eigenvalue weighted by Crippen LogP contribution is 2.24. The molecule has 0 aliphatic carbocycles. The number of nitrogens with zero attached hydrogens (tertiary/aromatic N) is 1. The van der Waals surface area contributed by atoms with E-state index in [1.165, 1.54) is 24.3 Å². The maximum Gasteiger partial charge on any atom is 0.573 e. The van der Waals surface area contributed by atoms with Crippen LogP contribution in [0.5, 0.6) is 5.75 Å². The summed E-state index contributed by atoms with van der Waals surface area (Å²) in [6.45, 7) is 2.31. The monoisotopic (exact) mass is 343 g/mol. The molecule has 2 heterocycles. The third-order valence-electron chi connectivity index (χ3n) is 3.77. The zero-order valence-electron chi connectivity index (χ0n) is 12.6. The van der Waals surface area contributed by atoms with Crippen LogP contribution in [0, 0.1) is 5.92 Å². The molecule has 130 valence electrons. The van der Waals surface area contributed by atoms with Crippen LogP contribution < -0.4 is 26.2 Å². The van der Waals surface area contributed by atoms with Gasteiger partial charge in [0.15, 0.2) is 5.96 Å². The minimum absolute atomic E-state index is 0.142. The number of guanidine groups is 1. The smallest absolute Gasteiger partial charge is 0.406 e. The summed E-state index contributed by atoms with van der Waals surface area (Å²) in [5.74, 6) is -0.368. The number of fused-ring (bicyclic) bond motifs is 1. The van der Waals surface area contributed by atoms with Crippen molar-refractivity contribution in [3.63, 3.8) is 0 Å². The topological polar surface area (TPSA) is 86.8 Å². The first-order valence-corrected chi connectivity index (χ1v) is 7.31. The lowest BCUT2D eigenvalue weighted by Gasteiger charge is -2.25. The molecule has 24 heavy (non-hydrogen) atoms. The Hall–Kier alpha value is -2.33. The van der Waals surface area contributed by atoms with Crippen molar-refractivity contribution >= 4 is 11.9 Å². The van der Waals surface area contributed by atoms with Gasteiger partial charge in [0, 0.05) is 6.54 Å². The van der Waals surface area contributed by atoms with Gasteiger partial charge < -0.3 is 10.1 Å². The number of hydrogen-bond acceptors (Lipinski definition) is 6. The molecule has 0 spiro atoms. The van der Waals surface area contributed by atoms with Crippen LogP contribution in [0.3, 0.4) is 0 Å². The lowest BCUT2D eigenvalue weighted by molar-refractivity contribution is -0.274. The first-order chi connectivity index (χ1) is 11.3. The molecule has 10 heteroatoms. The standard InChI is InChI=1S/C14H16F3N5O2/c1-7(8-2-4-9(5-3-8)24-14(15,16)17)19-13-20-11-10(6-18-22-11)12(23)21-13/h2-5,7,10-11,18,22H,6H2,1H3,(H2,19,20,21,23)/t7-,10?,11?/m0/s1. The average Bonchev–Trinajstić information content (AvgIpc) is 2.95. The third-order valence-corrected chi connectivity index (χ3v) is 3.77. The molecule has 7 nitrogen and oxygen atoms in total. The average molecular weight is 343 g/mol. The molecule has 1 aromatic rings. The molecule has 1 amide bonds. The predicted octanol–water partition coefficient (Wildman–Crippen LogP) is 0.772. The fourth-order valence-electron chi connectivity index (χ4n) is 2.54. The van der Waals surface area contributed by atoms with E-state index in [9.17, 15) is 18.0 Å². The van der Waals surface area contributed by atoms with E-state index >= 15 is 0 Å². The van der Waals surface area contributed by atoms with E-state index in [1.807, 2.05) is 0 Å². The van der Waals surface area contributed by atoms with E-state index in [1.54, 1.807) is 6.92 Å². The lowest BCUT2D eigenvalue weighted by Crippen LogP contribution is -2.52. The molecule has 0 aromatic heterocycles. The van der Waals surface area contributed by atoms with Gasteiger partial charge in [-0.2, -0.15) is 0 Å². The van der Waals surface area contributed by atoms with Gasteiger partial charge in [-0.1, -0.05) is 12.1 Å². The highest BCUT2D eigenvalue weighted by molar-refractivity contribution is 6.00. The summed E-state index contributed by atoms with van der Waals surface area (Å²) in [5, 5.41) is 5.71. The van der Waals surface area contributed by atoms with E-state index in [0.717, 1.165) is 5.56 Å². The highest BCUT2D eigenvalue weighted by atomic mass is 19.4. The summed E-state index contributed by atoms with van der Waals surface area (Å²) < 4.78 is 40.3. The number of rotatable bonds is 3. The molecule has 3 atom stereocenters. The van der Waals surface area contributed by atoms with E-state index in [0.29, 0.717) is 12.5 Å². The number of hydrogen-bond donors (Lipinski definition) is 4. The molecule has 2 aliphatic heterocycles. The first kappa shape index (κ1) is 16.5. The molecular weight excluding hydrogens is 327 g/mol. The van der Waals surface area contributed by atoms with Crippen molar-refractivity contribution in [1.29, 1.82) is 0 Å². The van der Waals surface area contributed by atoms with Gasteiger partial charge >= 0.3 is 6.36 Å². The van der Waals surface area contributed by atoms with Gasteiger partial charge in [0.2, 0.25) is 5.91 Å². The number of alkyl halides is 3. The molecule has 2 unspecified atom stereocenters. The van der Waals surface area contributed by atoms with Gasteiger partial charge in [-0.15, -0.1) is 13.2 Å². The van der Waals surface area contributed by atoms with Crippen molar-refractivity contribution in [2.75, 3.05) is 6.54 Å². The summed E-state index contributed by atoms with van der Waals surface area (Å²) in [7, 11) is 0. The van der Waals surface area contributed by atoms with E-state index in [-0.39, 0.29) is 29.8 Å². The fourth-order valence-corrected chi connectivity index (χ4v) is 2.54. The Balaban J connectivity index is 1.64. The number of ether oxygens (including phenoxy) is 1. The Morgan fingerprint density at radius 2 is 2.04 bits per heavy atom. The second-order valence-corrected chi connectivity index (χ2v) is 5.53. The Kier molecular flexibility index (Phi) is 4.33. The van der Waals surface area contributed by atoms with Crippen molar-refractivity contribution in [3.05, 3.63) is 29.8 Å². The van der Waals surface area contributed by atoms with Crippen molar-refractivity contribution in [2.45, 2.75) is 25.5 Å². The normalized spacial score (nSPS) is 24.7. The minimum atomic E-state index is -4.72. The summed E-state index contributed by atoms with van der Waals surface area (Å²) in [6, 6.07) is 5.24. The second-order valence-electron chi connectivity index (χ2n) is 5.53. The Bertz CT molecular complexity index is 647. The van der Waals surface area contributed by atoms with Crippen LogP contribution in [0.2, 0.25) is 0 Å². The molecule has 0 saturated carbocycles. The quantitative estimate of drug-likeness (QED) is 0.651. The highest BCUT2D eigenvalue weighted by Gasteiger charge is 2.37. The number of carbonyl (C=O) groups excluding carboxylic acids is 1. The number of aliphatic imine (C=N–C) groups is 1. The summed E-state index contributed by atoms with van der Waals surface area (Å²) >= 11 is 0. The molecule has 0 bridgehead atoms. The number of hydrazine groups is 1. The fraction of sp³-hybridized carbons (Fsp3) is 0.429. The van der Waals surface area contributed by atoms with E-state index in [4.69, 9.17) is 0 Å². The van der Waals surface area contributed by atoms with Gasteiger partial charge in [-0.3, -0.25) is 15.5 Å².